The van der Waals surface area contributed by atoms with Crippen LogP contribution in [0.5, 0.6) is 0 Å². The second kappa shape index (κ2) is 5.77. The molecule has 4 rings (SSSR count). The molecule has 2 aromatic rings. The van der Waals surface area contributed by atoms with Crippen LogP contribution in [0, 0.1) is 12.8 Å². The predicted octanol–water partition coefficient (Wildman–Crippen LogP) is 0.946. The lowest BCUT2D eigenvalue weighted by molar-refractivity contribution is -0.140. The standard InChI is InChI=1S/C16H18N4O4/c1-10-17-15(24-18-10)12-7-20(8-12)16(22)11-5-14(21)19(6-11)9-13-3-2-4-23-13/h2-4,11-12H,5-9H2,1H3. The number of likely N-dealkylation sites (tertiary alicyclic amines) is 2. The Morgan fingerprint density at radius 3 is 2.88 bits per heavy atom. The molecule has 24 heavy (non-hydrogen) atoms. The Bertz CT molecular complexity index is 748. The Labute approximate surface area is 138 Å². The number of carbonyl (C=O) groups excluding carboxylic acids is 2. The van der Waals surface area contributed by atoms with Crippen LogP contribution in [0.25, 0.3) is 0 Å². The molecular weight excluding hydrogens is 312 g/mol. The molecule has 0 N–H and O–H groups in total. The van der Waals surface area contributed by atoms with Crippen molar-refractivity contribution in [3.8, 4) is 0 Å². The number of rotatable bonds is 4. The molecule has 0 saturated carbocycles. The molecule has 2 fully saturated rings. The highest BCUT2D eigenvalue weighted by Crippen LogP contribution is 2.30. The van der Waals surface area contributed by atoms with E-state index in [4.69, 9.17) is 8.94 Å². The summed E-state index contributed by atoms with van der Waals surface area (Å²) >= 11 is 0. The van der Waals surface area contributed by atoms with E-state index in [-0.39, 0.29) is 30.1 Å². The lowest BCUT2D eigenvalue weighted by atomic mass is 9.96. The molecule has 1 atom stereocenters. The Kier molecular flexibility index (Phi) is 3.59. The van der Waals surface area contributed by atoms with Gasteiger partial charge in [-0.2, -0.15) is 4.98 Å². The topological polar surface area (TPSA) is 92.7 Å². The van der Waals surface area contributed by atoms with Crippen LogP contribution in [0.4, 0.5) is 0 Å². The van der Waals surface area contributed by atoms with Crippen molar-refractivity contribution in [3.63, 3.8) is 0 Å². The molecule has 0 spiro atoms. The van der Waals surface area contributed by atoms with Crippen molar-refractivity contribution in [3.05, 3.63) is 35.9 Å². The number of aromatic nitrogens is 2. The van der Waals surface area contributed by atoms with E-state index in [1.165, 1.54) is 0 Å². The molecule has 0 aromatic carbocycles. The number of aryl methyl sites for hydroxylation is 1. The lowest BCUT2D eigenvalue weighted by Gasteiger charge is -2.38. The van der Waals surface area contributed by atoms with Gasteiger partial charge < -0.3 is 18.7 Å². The highest BCUT2D eigenvalue weighted by Gasteiger charge is 2.42. The summed E-state index contributed by atoms with van der Waals surface area (Å²) in [5.74, 6) is 1.76. The average molecular weight is 330 g/mol. The van der Waals surface area contributed by atoms with E-state index in [1.54, 1.807) is 29.1 Å². The Morgan fingerprint density at radius 1 is 1.38 bits per heavy atom. The third kappa shape index (κ3) is 2.68. The van der Waals surface area contributed by atoms with Gasteiger partial charge in [-0.05, 0) is 19.1 Å². The summed E-state index contributed by atoms with van der Waals surface area (Å²) in [6.07, 6.45) is 1.85. The minimum absolute atomic E-state index is 0.00523. The minimum Gasteiger partial charge on any atom is -0.467 e. The van der Waals surface area contributed by atoms with E-state index in [1.807, 2.05) is 6.07 Å². The van der Waals surface area contributed by atoms with Crippen LogP contribution in [-0.2, 0) is 16.1 Å². The maximum Gasteiger partial charge on any atom is 0.233 e. The van der Waals surface area contributed by atoms with Gasteiger partial charge in [0, 0.05) is 26.1 Å². The molecule has 4 heterocycles. The van der Waals surface area contributed by atoms with Crippen molar-refractivity contribution in [1.29, 1.82) is 0 Å². The molecule has 8 heteroatoms. The molecule has 0 radical (unpaired) electrons. The number of carbonyl (C=O) groups is 2. The molecule has 0 bridgehead atoms. The van der Waals surface area contributed by atoms with Crippen LogP contribution in [0.2, 0.25) is 0 Å². The van der Waals surface area contributed by atoms with Crippen molar-refractivity contribution in [2.75, 3.05) is 19.6 Å². The number of hydrogen-bond acceptors (Lipinski definition) is 6. The third-order valence-electron chi connectivity index (χ3n) is 4.58. The van der Waals surface area contributed by atoms with Crippen molar-refractivity contribution < 1.29 is 18.5 Å². The summed E-state index contributed by atoms with van der Waals surface area (Å²) in [4.78, 5) is 32.3. The molecular formula is C16H18N4O4. The summed E-state index contributed by atoms with van der Waals surface area (Å²) in [6, 6.07) is 3.62. The van der Waals surface area contributed by atoms with Gasteiger partial charge in [0.15, 0.2) is 5.82 Å². The van der Waals surface area contributed by atoms with E-state index in [9.17, 15) is 9.59 Å². The largest absolute Gasteiger partial charge is 0.467 e. The number of nitrogens with zero attached hydrogens (tertiary/aromatic N) is 4. The quantitative estimate of drug-likeness (QED) is 0.828. The van der Waals surface area contributed by atoms with Crippen LogP contribution in [0.15, 0.2) is 27.3 Å². The van der Waals surface area contributed by atoms with Crippen LogP contribution in [0.3, 0.4) is 0 Å². The average Bonchev–Trinajstić information content (AvgIpc) is 3.22. The van der Waals surface area contributed by atoms with Crippen LogP contribution in [0.1, 0.15) is 29.8 Å². The van der Waals surface area contributed by atoms with Gasteiger partial charge in [0.25, 0.3) is 0 Å². The van der Waals surface area contributed by atoms with Gasteiger partial charge in [-0.15, -0.1) is 0 Å². The molecule has 2 amide bonds. The summed E-state index contributed by atoms with van der Waals surface area (Å²) in [5, 5.41) is 3.77. The smallest absolute Gasteiger partial charge is 0.233 e. The van der Waals surface area contributed by atoms with Crippen molar-refractivity contribution in [2.24, 2.45) is 5.92 Å². The number of furan rings is 1. The number of hydrogen-bond donors (Lipinski definition) is 0. The molecule has 2 aliphatic rings. The first-order chi connectivity index (χ1) is 11.6. The van der Waals surface area contributed by atoms with Crippen molar-refractivity contribution in [1.82, 2.24) is 19.9 Å². The van der Waals surface area contributed by atoms with Gasteiger partial charge in [-0.1, -0.05) is 5.16 Å². The molecule has 2 saturated heterocycles. The highest BCUT2D eigenvalue weighted by molar-refractivity contribution is 5.89. The van der Waals surface area contributed by atoms with E-state index in [0.717, 1.165) is 5.76 Å². The fraction of sp³-hybridized carbons (Fsp3) is 0.500. The second-order valence-electron chi connectivity index (χ2n) is 6.37. The second-order valence-corrected chi connectivity index (χ2v) is 6.37. The predicted molar refractivity (Wildman–Crippen MR) is 80.6 cm³/mol. The van der Waals surface area contributed by atoms with Crippen LogP contribution < -0.4 is 0 Å². The van der Waals surface area contributed by atoms with E-state index < -0.39 is 0 Å². The zero-order valence-corrected chi connectivity index (χ0v) is 13.3. The fourth-order valence-electron chi connectivity index (χ4n) is 3.23. The first-order valence-corrected chi connectivity index (χ1v) is 7.99. The zero-order chi connectivity index (χ0) is 16.7. The van der Waals surface area contributed by atoms with Gasteiger partial charge in [0.1, 0.15) is 5.76 Å². The first kappa shape index (κ1) is 14.9. The lowest BCUT2D eigenvalue weighted by Crippen LogP contribution is -2.51. The van der Waals surface area contributed by atoms with Gasteiger partial charge in [0.05, 0.1) is 24.6 Å². The maximum atomic E-state index is 12.6. The van der Waals surface area contributed by atoms with Crippen LogP contribution in [-0.4, -0.2) is 51.4 Å². The summed E-state index contributed by atoms with van der Waals surface area (Å²) in [6.45, 7) is 3.78. The van der Waals surface area contributed by atoms with Crippen molar-refractivity contribution >= 4 is 11.8 Å². The normalized spacial score (nSPS) is 21.4. The molecule has 8 nitrogen and oxygen atoms in total. The molecule has 1 unspecified atom stereocenters. The molecule has 2 aromatic heterocycles. The van der Waals surface area contributed by atoms with Crippen molar-refractivity contribution in [2.45, 2.75) is 25.8 Å². The van der Waals surface area contributed by atoms with E-state index in [0.29, 0.717) is 37.9 Å². The maximum absolute atomic E-state index is 12.6. The molecule has 126 valence electrons. The Morgan fingerprint density at radius 2 is 2.21 bits per heavy atom. The van der Waals surface area contributed by atoms with Gasteiger partial charge in [-0.25, -0.2) is 0 Å². The third-order valence-corrected chi connectivity index (χ3v) is 4.58. The summed E-state index contributed by atoms with van der Waals surface area (Å²) < 4.78 is 10.4. The zero-order valence-electron chi connectivity index (χ0n) is 13.3. The molecule has 0 aliphatic carbocycles. The van der Waals surface area contributed by atoms with Gasteiger partial charge in [0.2, 0.25) is 17.7 Å². The Hall–Kier alpha value is -2.64. The monoisotopic (exact) mass is 330 g/mol. The van der Waals surface area contributed by atoms with Gasteiger partial charge in [-0.3, -0.25) is 9.59 Å². The van der Waals surface area contributed by atoms with Gasteiger partial charge >= 0.3 is 0 Å². The SMILES string of the molecule is Cc1noc(C2CN(C(=O)C3CC(=O)N(Cc4ccco4)C3)C2)n1. The fourth-order valence-corrected chi connectivity index (χ4v) is 3.23. The first-order valence-electron chi connectivity index (χ1n) is 7.99. The van der Waals surface area contributed by atoms with E-state index >= 15 is 0 Å². The Balaban J connectivity index is 1.32. The summed E-state index contributed by atoms with van der Waals surface area (Å²) in [7, 11) is 0. The van der Waals surface area contributed by atoms with Crippen LogP contribution >= 0.6 is 0 Å². The summed E-state index contributed by atoms with van der Waals surface area (Å²) in [5.41, 5.74) is 0. The number of amides is 2. The molecule has 2 aliphatic heterocycles. The van der Waals surface area contributed by atoms with E-state index in [2.05, 4.69) is 10.1 Å². The highest BCUT2D eigenvalue weighted by atomic mass is 16.5. The minimum atomic E-state index is -0.280.